The molecule has 0 radical (unpaired) electrons. The quantitative estimate of drug-likeness (QED) is 0.192. The zero-order valence-corrected chi connectivity index (χ0v) is 21.0. The minimum atomic E-state index is -0.593. The first-order chi connectivity index (χ1) is 17.9. The number of thiocarbonyl (C=S) groups is 1. The molecule has 5 rings (SSSR count). The lowest BCUT2D eigenvalue weighted by Crippen LogP contribution is -2.37. The molecule has 4 aromatic rings. The Labute approximate surface area is 220 Å². The van der Waals surface area contributed by atoms with Gasteiger partial charge in [0.05, 0.1) is 33.9 Å². The Hall–Kier alpha value is -4.13. The average molecular weight is 536 g/mol. The standard InChI is InChI=1S/C25H21N5O5S2/c31-21-14-16(6-7-17(21)24-27-18-3-1-2-4-22(18)37-24)26-25(36)28-23(32)15-5-8-19(20(13-15)30(33)34)29-9-11-35-12-10-29/h1-8,13-14,31H,9-12H2,(H2,26,28,32,36). The van der Waals surface area contributed by atoms with Gasteiger partial charge in [-0.1, -0.05) is 12.1 Å². The molecule has 1 aliphatic heterocycles. The molecule has 0 spiro atoms. The maximum atomic E-state index is 12.7. The monoisotopic (exact) mass is 535 g/mol. The Morgan fingerprint density at radius 1 is 1.14 bits per heavy atom. The molecule has 1 aromatic heterocycles. The number of anilines is 2. The third kappa shape index (κ3) is 5.35. The Morgan fingerprint density at radius 2 is 1.92 bits per heavy atom. The van der Waals surface area contributed by atoms with Gasteiger partial charge in [0, 0.05) is 36.5 Å². The lowest BCUT2D eigenvalue weighted by atomic mass is 10.1. The predicted octanol–water partition coefficient (Wildman–Crippen LogP) is 4.54. The molecular formula is C25H21N5O5S2. The number of phenols is 1. The second-order valence-electron chi connectivity index (χ2n) is 8.19. The van der Waals surface area contributed by atoms with Crippen molar-refractivity contribution in [3.8, 4) is 16.3 Å². The number of nitrogens with one attached hydrogen (secondary N) is 2. The number of carbonyl (C=O) groups excluding carboxylic acids is 1. The summed E-state index contributed by atoms with van der Waals surface area (Å²) in [6.07, 6.45) is 0. The van der Waals surface area contributed by atoms with E-state index in [1.165, 1.54) is 29.5 Å². The summed E-state index contributed by atoms with van der Waals surface area (Å²) in [6.45, 7) is 2.03. The highest BCUT2D eigenvalue weighted by atomic mass is 32.1. The van der Waals surface area contributed by atoms with E-state index in [0.29, 0.717) is 48.2 Å². The minimum Gasteiger partial charge on any atom is -0.507 e. The highest BCUT2D eigenvalue weighted by molar-refractivity contribution is 7.80. The third-order valence-corrected chi connectivity index (χ3v) is 7.07. The van der Waals surface area contributed by atoms with Crippen LogP contribution in [0.3, 0.4) is 0 Å². The van der Waals surface area contributed by atoms with Crippen LogP contribution >= 0.6 is 23.6 Å². The smallest absolute Gasteiger partial charge is 0.293 e. The first-order valence-electron chi connectivity index (χ1n) is 11.3. The van der Waals surface area contributed by atoms with E-state index in [-0.39, 0.29) is 22.1 Å². The van der Waals surface area contributed by atoms with Gasteiger partial charge in [-0.05, 0) is 48.6 Å². The third-order valence-electron chi connectivity index (χ3n) is 5.79. The van der Waals surface area contributed by atoms with Crippen LogP contribution in [0, 0.1) is 10.1 Å². The van der Waals surface area contributed by atoms with Gasteiger partial charge < -0.3 is 20.1 Å². The molecule has 0 aliphatic carbocycles. The van der Waals surface area contributed by atoms with Crippen LogP contribution in [0.1, 0.15) is 10.4 Å². The number of morpholine rings is 1. The molecule has 3 N–H and O–H groups in total. The van der Waals surface area contributed by atoms with Crippen LogP contribution in [0.15, 0.2) is 60.7 Å². The van der Waals surface area contributed by atoms with Crippen LogP contribution in [0.25, 0.3) is 20.8 Å². The Morgan fingerprint density at radius 3 is 2.65 bits per heavy atom. The van der Waals surface area contributed by atoms with Crippen molar-refractivity contribution in [3.05, 3.63) is 76.3 Å². The van der Waals surface area contributed by atoms with Crippen molar-refractivity contribution < 1.29 is 19.6 Å². The van der Waals surface area contributed by atoms with E-state index in [1.807, 2.05) is 29.2 Å². The molecule has 0 unspecified atom stereocenters. The highest BCUT2D eigenvalue weighted by Crippen LogP contribution is 2.36. The van der Waals surface area contributed by atoms with Crippen LogP contribution in [-0.4, -0.2) is 52.3 Å². The van der Waals surface area contributed by atoms with Gasteiger partial charge in [0.2, 0.25) is 0 Å². The van der Waals surface area contributed by atoms with E-state index in [1.54, 1.807) is 18.2 Å². The number of benzene rings is 3. The van der Waals surface area contributed by atoms with Crippen molar-refractivity contribution in [1.82, 2.24) is 10.3 Å². The number of hydrogen-bond donors (Lipinski definition) is 3. The Balaban J connectivity index is 1.27. The number of fused-ring (bicyclic) bond motifs is 1. The molecule has 2 heterocycles. The number of nitrogens with zero attached hydrogens (tertiary/aromatic N) is 3. The summed E-state index contributed by atoms with van der Waals surface area (Å²) in [7, 11) is 0. The maximum Gasteiger partial charge on any atom is 0.293 e. The van der Waals surface area contributed by atoms with Gasteiger partial charge in [0.25, 0.3) is 11.6 Å². The van der Waals surface area contributed by atoms with Crippen LogP contribution in [-0.2, 0) is 4.74 Å². The molecule has 1 aliphatic rings. The molecule has 10 nitrogen and oxygen atoms in total. The summed E-state index contributed by atoms with van der Waals surface area (Å²) in [5, 5.41) is 28.3. The van der Waals surface area contributed by atoms with E-state index >= 15 is 0 Å². The van der Waals surface area contributed by atoms with Gasteiger partial charge in [-0.2, -0.15) is 0 Å². The van der Waals surface area contributed by atoms with Gasteiger partial charge in [0.15, 0.2) is 5.11 Å². The van der Waals surface area contributed by atoms with Gasteiger partial charge in [-0.15, -0.1) is 11.3 Å². The normalized spacial score (nSPS) is 13.4. The fourth-order valence-corrected chi connectivity index (χ4v) is 5.21. The molecule has 188 valence electrons. The number of aromatic hydroxyl groups is 1. The molecule has 1 fully saturated rings. The molecule has 37 heavy (non-hydrogen) atoms. The summed E-state index contributed by atoms with van der Waals surface area (Å²) in [5.74, 6) is -0.586. The number of nitro benzene ring substituents is 1. The van der Waals surface area contributed by atoms with Crippen molar-refractivity contribution >= 4 is 61.9 Å². The summed E-state index contributed by atoms with van der Waals surface area (Å²) >= 11 is 6.72. The summed E-state index contributed by atoms with van der Waals surface area (Å²) in [4.78, 5) is 30.3. The number of hydrogen-bond acceptors (Lipinski definition) is 9. The number of carbonyl (C=O) groups is 1. The number of aromatic nitrogens is 1. The van der Waals surface area contributed by atoms with Gasteiger partial charge >= 0.3 is 0 Å². The number of ether oxygens (including phenoxy) is 1. The average Bonchev–Trinajstić information content (AvgIpc) is 3.32. The molecular weight excluding hydrogens is 514 g/mol. The topological polar surface area (TPSA) is 130 Å². The van der Waals surface area contributed by atoms with Gasteiger partial charge in [-0.3, -0.25) is 20.2 Å². The molecule has 0 bridgehead atoms. The van der Waals surface area contributed by atoms with Crippen molar-refractivity contribution in [3.63, 3.8) is 0 Å². The largest absolute Gasteiger partial charge is 0.507 e. The van der Waals surface area contributed by atoms with E-state index < -0.39 is 10.8 Å². The molecule has 0 atom stereocenters. The Kier molecular flexibility index (Phi) is 6.95. The van der Waals surface area contributed by atoms with Gasteiger partial charge in [-0.25, -0.2) is 4.98 Å². The van der Waals surface area contributed by atoms with E-state index in [4.69, 9.17) is 17.0 Å². The van der Waals surface area contributed by atoms with Crippen molar-refractivity contribution in [2.45, 2.75) is 0 Å². The van der Waals surface area contributed by atoms with Crippen LogP contribution < -0.4 is 15.5 Å². The van der Waals surface area contributed by atoms with Gasteiger partial charge in [0.1, 0.15) is 16.4 Å². The minimum absolute atomic E-state index is 0.00695. The number of phenolic OH excluding ortho intramolecular Hbond substituents is 1. The van der Waals surface area contributed by atoms with E-state index in [2.05, 4.69) is 15.6 Å². The lowest BCUT2D eigenvalue weighted by molar-refractivity contribution is -0.384. The highest BCUT2D eigenvalue weighted by Gasteiger charge is 2.23. The van der Waals surface area contributed by atoms with E-state index in [9.17, 15) is 20.0 Å². The zero-order valence-electron chi connectivity index (χ0n) is 19.3. The number of thiazole rings is 1. The second-order valence-corrected chi connectivity index (χ2v) is 9.63. The number of rotatable bonds is 5. The fraction of sp³-hybridized carbons (Fsp3) is 0.160. The number of amides is 1. The van der Waals surface area contributed by atoms with Crippen molar-refractivity contribution in [1.29, 1.82) is 0 Å². The number of nitro groups is 1. The Bertz CT molecular complexity index is 1480. The first-order valence-corrected chi connectivity index (χ1v) is 12.5. The van der Waals surface area contributed by atoms with Crippen molar-refractivity contribution in [2.24, 2.45) is 0 Å². The molecule has 0 saturated carbocycles. The zero-order chi connectivity index (χ0) is 25.9. The molecule has 12 heteroatoms. The SMILES string of the molecule is O=C(NC(=S)Nc1ccc(-c2nc3ccccc3s2)c(O)c1)c1ccc(N2CCOCC2)c([N+](=O)[O-])c1. The fourth-order valence-electron chi connectivity index (χ4n) is 4.00. The second kappa shape index (κ2) is 10.5. The summed E-state index contributed by atoms with van der Waals surface area (Å²) in [6, 6.07) is 17.0. The first kappa shape index (κ1) is 24.6. The summed E-state index contributed by atoms with van der Waals surface area (Å²) < 4.78 is 6.32. The molecule has 1 saturated heterocycles. The van der Waals surface area contributed by atoms with Crippen LogP contribution in [0.2, 0.25) is 0 Å². The predicted molar refractivity (Wildman–Crippen MR) is 147 cm³/mol. The van der Waals surface area contributed by atoms with Crippen molar-refractivity contribution in [2.75, 3.05) is 36.5 Å². The summed E-state index contributed by atoms with van der Waals surface area (Å²) in [5.41, 5.74) is 2.27. The lowest BCUT2D eigenvalue weighted by Gasteiger charge is -2.28. The molecule has 1 amide bonds. The van der Waals surface area contributed by atoms with Crippen LogP contribution in [0.4, 0.5) is 17.1 Å². The number of para-hydroxylation sites is 1. The van der Waals surface area contributed by atoms with Crippen LogP contribution in [0.5, 0.6) is 5.75 Å². The molecule has 3 aromatic carbocycles. The maximum absolute atomic E-state index is 12.7. The van der Waals surface area contributed by atoms with E-state index in [0.717, 1.165) is 10.2 Å².